The van der Waals surface area contributed by atoms with Crippen molar-refractivity contribution < 1.29 is 4.74 Å². The molecule has 1 atom stereocenters. The summed E-state index contributed by atoms with van der Waals surface area (Å²) in [6.45, 7) is 4.59. The smallest absolute Gasteiger partial charge is 0.132 e. The number of anilines is 1. The molecule has 0 saturated carbocycles. The molecule has 2 aromatic rings. The Morgan fingerprint density at radius 1 is 1.12 bits per heavy atom. The third-order valence-corrected chi connectivity index (χ3v) is 5.28. The SMILES string of the molecule is c1ccc(CN(CC2CCCO2)c2cc(C3CCNCC3)ncn2)nc1. The highest BCUT2D eigenvalue weighted by Gasteiger charge is 2.22. The minimum Gasteiger partial charge on any atom is -0.376 e. The molecule has 138 valence electrons. The molecule has 0 aliphatic carbocycles. The topological polar surface area (TPSA) is 63.2 Å². The summed E-state index contributed by atoms with van der Waals surface area (Å²) in [6, 6.07) is 8.23. The summed E-state index contributed by atoms with van der Waals surface area (Å²) >= 11 is 0. The van der Waals surface area contributed by atoms with E-state index in [1.54, 1.807) is 6.33 Å². The van der Waals surface area contributed by atoms with E-state index in [9.17, 15) is 0 Å². The first-order valence-corrected chi connectivity index (χ1v) is 9.67. The van der Waals surface area contributed by atoms with Gasteiger partial charge in [0.05, 0.1) is 18.3 Å². The maximum Gasteiger partial charge on any atom is 0.132 e. The van der Waals surface area contributed by atoms with E-state index >= 15 is 0 Å². The zero-order valence-corrected chi connectivity index (χ0v) is 15.2. The highest BCUT2D eigenvalue weighted by atomic mass is 16.5. The maximum atomic E-state index is 5.88. The van der Waals surface area contributed by atoms with Crippen molar-refractivity contribution in [3.05, 3.63) is 48.2 Å². The number of hydrogen-bond acceptors (Lipinski definition) is 6. The Balaban J connectivity index is 1.55. The van der Waals surface area contributed by atoms with Gasteiger partial charge in [-0.3, -0.25) is 4.98 Å². The summed E-state index contributed by atoms with van der Waals surface area (Å²) in [4.78, 5) is 16.0. The van der Waals surface area contributed by atoms with E-state index in [0.29, 0.717) is 5.92 Å². The number of piperidine rings is 1. The maximum absolute atomic E-state index is 5.88. The molecule has 26 heavy (non-hydrogen) atoms. The van der Waals surface area contributed by atoms with Crippen LogP contribution in [0, 0.1) is 0 Å². The lowest BCUT2D eigenvalue weighted by molar-refractivity contribution is 0.115. The zero-order chi connectivity index (χ0) is 17.6. The monoisotopic (exact) mass is 353 g/mol. The van der Waals surface area contributed by atoms with E-state index in [1.165, 1.54) is 0 Å². The molecule has 4 rings (SSSR count). The Bertz CT molecular complexity index is 684. The molecule has 2 aliphatic heterocycles. The van der Waals surface area contributed by atoms with Crippen LogP contribution in [0.25, 0.3) is 0 Å². The van der Waals surface area contributed by atoms with Crippen LogP contribution in [0.1, 0.15) is 43.0 Å². The van der Waals surface area contributed by atoms with Gasteiger partial charge in [0.1, 0.15) is 12.1 Å². The number of ether oxygens (including phenoxy) is 1. The molecule has 6 nitrogen and oxygen atoms in total. The van der Waals surface area contributed by atoms with E-state index < -0.39 is 0 Å². The number of nitrogens with zero attached hydrogens (tertiary/aromatic N) is 4. The van der Waals surface area contributed by atoms with E-state index in [4.69, 9.17) is 4.74 Å². The average Bonchev–Trinajstić information content (AvgIpc) is 3.22. The fourth-order valence-electron chi connectivity index (χ4n) is 3.84. The quantitative estimate of drug-likeness (QED) is 0.861. The lowest BCUT2D eigenvalue weighted by Crippen LogP contribution is -2.33. The Kier molecular flexibility index (Phi) is 5.72. The van der Waals surface area contributed by atoms with Gasteiger partial charge in [0.2, 0.25) is 0 Å². The fourth-order valence-corrected chi connectivity index (χ4v) is 3.84. The normalized spacial score (nSPS) is 21.0. The van der Waals surface area contributed by atoms with Gasteiger partial charge >= 0.3 is 0 Å². The van der Waals surface area contributed by atoms with Crippen LogP contribution < -0.4 is 10.2 Å². The van der Waals surface area contributed by atoms with Crippen molar-refractivity contribution in [1.82, 2.24) is 20.3 Å². The summed E-state index contributed by atoms with van der Waals surface area (Å²) < 4.78 is 5.88. The summed E-state index contributed by atoms with van der Waals surface area (Å²) in [7, 11) is 0. The predicted molar refractivity (Wildman–Crippen MR) is 101 cm³/mol. The summed E-state index contributed by atoms with van der Waals surface area (Å²) in [5.41, 5.74) is 2.21. The van der Waals surface area contributed by atoms with Crippen LogP contribution in [-0.2, 0) is 11.3 Å². The largest absolute Gasteiger partial charge is 0.376 e. The van der Waals surface area contributed by atoms with Crippen molar-refractivity contribution in [1.29, 1.82) is 0 Å². The second-order valence-corrected chi connectivity index (χ2v) is 7.16. The number of nitrogens with one attached hydrogen (secondary N) is 1. The second kappa shape index (κ2) is 8.56. The Morgan fingerprint density at radius 2 is 2.04 bits per heavy atom. The van der Waals surface area contributed by atoms with Gasteiger partial charge in [0.15, 0.2) is 0 Å². The van der Waals surface area contributed by atoms with E-state index in [2.05, 4.69) is 37.3 Å². The van der Waals surface area contributed by atoms with Crippen LogP contribution in [-0.4, -0.2) is 47.3 Å². The van der Waals surface area contributed by atoms with Gasteiger partial charge in [-0.2, -0.15) is 0 Å². The number of pyridine rings is 1. The fraction of sp³-hybridized carbons (Fsp3) is 0.550. The molecule has 0 bridgehead atoms. The molecular weight excluding hydrogens is 326 g/mol. The van der Waals surface area contributed by atoms with Crippen LogP contribution in [0.4, 0.5) is 5.82 Å². The molecule has 4 heterocycles. The molecule has 0 spiro atoms. The van der Waals surface area contributed by atoms with E-state index in [1.807, 2.05) is 18.3 Å². The van der Waals surface area contributed by atoms with Gasteiger partial charge < -0.3 is 15.0 Å². The predicted octanol–water partition coefficient (Wildman–Crippen LogP) is 2.52. The standard InChI is InChI=1S/C20H27N5O/c1-2-8-22-17(4-1)13-25(14-18-5-3-11-26-18)20-12-19(23-15-24-20)16-6-9-21-10-7-16/h1-2,4,8,12,15-16,18,21H,3,5-7,9-11,13-14H2. The Morgan fingerprint density at radius 3 is 2.81 bits per heavy atom. The highest BCUT2D eigenvalue weighted by molar-refractivity contribution is 5.40. The molecule has 2 aromatic heterocycles. The minimum absolute atomic E-state index is 0.274. The van der Waals surface area contributed by atoms with Crippen molar-refractivity contribution in [2.45, 2.75) is 44.2 Å². The second-order valence-electron chi connectivity index (χ2n) is 7.16. The van der Waals surface area contributed by atoms with Crippen LogP contribution in [0.5, 0.6) is 0 Å². The lowest BCUT2D eigenvalue weighted by Gasteiger charge is -2.27. The molecule has 0 radical (unpaired) electrons. The third-order valence-electron chi connectivity index (χ3n) is 5.28. The lowest BCUT2D eigenvalue weighted by atomic mass is 9.94. The molecule has 1 unspecified atom stereocenters. The summed E-state index contributed by atoms with van der Waals surface area (Å²) in [6.07, 6.45) is 8.38. The first-order valence-electron chi connectivity index (χ1n) is 9.67. The van der Waals surface area contributed by atoms with Gasteiger partial charge in [-0.15, -0.1) is 0 Å². The summed E-state index contributed by atoms with van der Waals surface area (Å²) in [5.74, 6) is 1.51. The van der Waals surface area contributed by atoms with Crippen molar-refractivity contribution in [3.63, 3.8) is 0 Å². The Labute approximate surface area is 155 Å². The van der Waals surface area contributed by atoms with Crippen molar-refractivity contribution in [2.24, 2.45) is 0 Å². The number of rotatable bonds is 6. The van der Waals surface area contributed by atoms with Crippen molar-refractivity contribution in [3.8, 4) is 0 Å². The molecule has 0 amide bonds. The van der Waals surface area contributed by atoms with Gasteiger partial charge in [-0.25, -0.2) is 9.97 Å². The van der Waals surface area contributed by atoms with Crippen LogP contribution in [0.15, 0.2) is 36.8 Å². The molecule has 0 aromatic carbocycles. The van der Waals surface area contributed by atoms with Gasteiger partial charge in [0.25, 0.3) is 0 Å². The van der Waals surface area contributed by atoms with Gasteiger partial charge in [-0.1, -0.05) is 6.07 Å². The van der Waals surface area contributed by atoms with Crippen LogP contribution >= 0.6 is 0 Å². The molecule has 6 heteroatoms. The first-order chi connectivity index (χ1) is 12.9. The van der Waals surface area contributed by atoms with Gasteiger partial charge in [-0.05, 0) is 50.9 Å². The van der Waals surface area contributed by atoms with E-state index in [0.717, 1.165) is 75.7 Å². The highest BCUT2D eigenvalue weighted by Crippen LogP contribution is 2.26. The minimum atomic E-state index is 0.274. The molecule has 1 N–H and O–H groups in total. The van der Waals surface area contributed by atoms with Crippen molar-refractivity contribution >= 4 is 5.82 Å². The third kappa shape index (κ3) is 4.37. The average molecular weight is 353 g/mol. The Hall–Kier alpha value is -2.05. The van der Waals surface area contributed by atoms with Crippen LogP contribution in [0.2, 0.25) is 0 Å². The van der Waals surface area contributed by atoms with E-state index in [-0.39, 0.29) is 6.10 Å². The number of aromatic nitrogens is 3. The molecular formula is C20H27N5O. The molecule has 2 aliphatic rings. The summed E-state index contributed by atoms with van der Waals surface area (Å²) in [5, 5.41) is 3.42. The first kappa shape index (κ1) is 17.4. The van der Waals surface area contributed by atoms with Crippen LogP contribution in [0.3, 0.4) is 0 Å². The molecule has 2 saturated heterocycles. The number of hydrogen-bond donors (Lipinski definition) is 1. The van der Waals surface area contributed by atoms with Gasteiger partial charge in [0, 0.05) is 37.0 Å². The zero-order valence-electron chi connectivity index (χ0n) is 15.2. The van der Waals surface area contributed by atoms with Crippen molar-refractivity contribution in [2.75, 3.05) is 31.1 Å². The molecule has 2 fully saturated rings.